The number of hydrogen-bond donors (Lipinski definition) is 1. The number of rotatable bonds is 5. The Morgan fingerprint density at radius 2 is 2.46 bits per heavy atom. The fraction of sp³-hybridized carbons (Fsp3) is 0.667. The molecule has 1 saturated carbocycles. The predicted octanol–water partition coefficient (Wildman–Crippen LogP) is 0.631. The zero-order valence-electron chi connectivity index (χ0n) is 7.65. The van der Waals surface area contributed by atoms with Gasteiger partial charge in [0.15, 0.2) is 5.75 Å². The van der Waals surface area contributed by atoms with Crippen molar-refractivity contribution in [3.05, 3.63) is 12.4 Å². The lowest BCUT2D eigenvalue weighted by atomic mass is 10.5. The fourth-order valence-electron chi connectivity index (χ4n) is 1.17. The molecule has 1 aromatic rings. The molecule has 1 aromatic heterocycles. The van der Waals surface area contributed by atoms with E-state index in [4.69, 9.17) is 10.5 Å². The molecule has 0 aromatic carbocycles. The highest BCUT2D eigenvalue weighted by molar-refractivity contribution is 5.11. The van der Waals surface area contributed by atoms with Crippen molar-refractivity contribution in [3.63, 3.8) is 0 Å². The molecule has 2 N–H and O–H groups in total. The molecule has 0 spiro atoms. The van der Waals surface area contributed by atoms with Crippen LogP contribution in [0.15, 0.2) is 12.4 Å². The van der Waals surface area contributed by atoms with Crippen LogP contribution in [0.5, 0.6) is 5.75 Å². The largest absolute Gasteiger partial charge is 0.490 e. The van der Waals surface area contributed by atoms with Crippen LogP contribution in [-0.2, 0) is 6.54 Å². The van der Waals surface area contributed by atoms with E-state index in [1.807, 2.05) is 10.9 Å². The summed E-state index contributed by atoms with van der Waals surface area (Å²) in [5, 5.41) is 4.12. The van der Waals surface area contributed by atoms with Gasteiger partial charge in [0.2, 0.25) is 0 Å². The van der Waals surface area contributed by atoms with Crippen LogP contribution in [0, 0.1) is 5.92 Å². The van der Waals surface area contributed by atoms with Crippen LogP contribution in [0.4, 0.5) is 0 Å². The van der Waals surface area contributed by atoms with E-state index < -0.39 is 0 Å². The van der Waals surface area contributed by atoms with E-state index in [1.165, 1.54) is 12.8 Å². The molecule has 1 heterocycles. The summed E-state index contributed by atoms with van der Waals surface area (Å²) in [5.74, 6) is 1.65. The smallest absolute Gasteiger partial charge is 0.157 e. The Hall–Kier alpha value is -1.03. The number of aromatic nitrogens is 2. The Kier molecular flexibility index (Phi) is 2.49. The maximum Gasteiger partial charge on any atom is 0.157 e. The molecule has 1 aliphatic rings. The van der Waals surface area contributed by atoms with Gasteiger partial charge in [-0.15, -0.1) is 0 Å². The zero-order valence-corrected chi connectivity index (χ0v) is 7.65. The summed E-state index contributed by atoms with van der Waals surface area (Å²) in [7, 11) is 0. The normalized spacial score (nSPS) is 16.1. The first-order valence-electron chi connectivity index (χ1n) is 4.74. The molecule has 0 aliphatic heterocycles. The molecule has 0 radical (unpaired) electrons. The van der Waals surface area contributed by atoms with E-state index in [0.717, 1.165) is 24.8 Å². The maximum atomic E-state index is 5.53. The van der Waals surface area contributed by atoms with Gasteiger partial charge in [0.25, 0.3) is 0 Å². The van der Waals surface area contributed by atoms with Crippen molar-refractivity contribution in [3.8, 4) is 5.75 Å². The van der Waals surface area contributed by atoms with Gasteiger partial charge in [-0.25, -0.2) is 0 Å². The van der Waals surface area contributed by atoms with E-state index in [9.17, 15) is 0 Å². The van der Waals surface area contributed by atoms with Crippen LogP contribution in [0.1, 0.15) is 12.8 Å². The highest BCUT2D eigenvalue weighted by Gasteiger charge is 2.21. The van der Waals surface area contributed by atoms with Crippen molar-refractivity contribution >= 4 is 0 Å². The van der Waals surface area contributed by atoms with Crippen LogP contribution in [0.3, 0.4) is 0 Å². The number of hydrogen-bond acceptors (Lipinski definition) is 3. The lowest BCUT2D eigenvalue weighted by molar-refractivity contribution is 0.299. The number of ether oxygens (including phenoxy) is 1. The molecule has 0 bridgehead atoms. The highest BCUT2D eigenvalue weighted by Crippen LogP contribution is 2.29. The van der Waals surface area contributed by atoms with Crippen LogP contribution < -0.4 is 10.5 Å². The second-order valence-electron chi connectivity index (χ2n) is 3.48. The second kappa shape index (κ2) is 3.79. The van der Waals surface area contributed by atoms with Gasteiger partial charge in [-0.05, 0) is 18.8 Å². The topological polar surface area (TPSA) is 53.1 Å². The SMILES string of the molecule is NCCn1cc(OCC2CC2)cn1. The van der Waals surface area contributed by atoms with E-state index in [1.54, 1.807) is 6.20 Å². The van der Waals surface area contributed by atoms with E-state index in [-0.39, 0.29) is 0 Å². The van der Waals surface area contributed by atoms with Gasteiger partial charge in [-0.3, -0.25) is 4.68 Å². The Balaban J connectivity index is 1.81. The lowest BCUT2D eigenvalue weighted by Crippen LogP contribution is -2.09. The van der Waals surface area contributed by atoms with Crippen LogP contribution in [-0.4, -0.2) is 22.9 Å². The molecular weight excluding hydrogens is 166 g/mol. The average molecular weight is 181 g/mol. The molecule has 72 valence electrons. The van der Waals surface area contributed by atoms with Crippen LogP contribution in [0.2, 0.25) is 0 Å². The summed E-state index contributed by atoms with van der Waals surface area (Å²) in [4.78, 5) is 0. The van der Waals surface area contributed by atoms with Crippen molar-refractivity contribution in [2.24, 2.45) is 11.7 Å². The Bertz CT molecular complexity index is 268. The van der Waals surface area contributed by atoms with Gasteiger partial charge in [0.05, 0.1) is 25.5 Å². The van der Waals surface area contributed by atoms with Gasteiger partial charge in [0.1, 0.15) is 0 Å². The van der Waals surface area contributed by atoms with Crippen molar-refractivity contribution in [2.45, 2.75) is 19.4 Å². The van der Waals surface area contributed by atoms with E-state index >= 15 is 0 Å². The summed E-state index contributed by atoms with van der Waals surface area (Å²) >= 11 is 0. The molecule has 2 rings (SSSR count). The van der Waals surface area contributed by atoms with Crippen molar-refractivity contribution in [1.82, 2.24) is 9.78 Å². The third-order valence-electron chi connectivity index (χ3n) is 2.15. The van der Waals surface area contributed by atoms with E-state index in [0.29, 0.717) is 6.54 Å². The van der Waals surface area contributed by atoms with Gasteiger partial charge in [-0.1, -0.05) is 0 Å². The molecule has 4 heteroatoms. The third-order valence-corrected chi connectivity index (χ3v) is 2.15. The first kappa shape index (κ1) is 8.56. The quantitative estimate of drug-likeness (QED) is 0.725. The minimum atomic E-state index is 0.615. The van der Waals surface area contributed by atoms with Gasteiger partial charge >= 0.3 is 0 Å². The Morgan fingerprint density at radius 1 is 1.62 bits per heavy atom. The number of nitrogens with zero attached hydrogens (tertiary/aromatic N) is 2. The minimum absolute atomic E-state index is 0.615. The number of nitrogens with two attached hydrogens (primary N) is 1. The molecule has 0 saturated heterocycles. The maximum absolute atomic E-state index is 5.53. The highest BCUT2D eigenvalue weighted by atomic mass is 16.5. The van der Waals surface area contributed by atoms with Crippen molar-refractivity contribution < 1.29 is 4.74 Å². The molecule has 13 heavy (non-hydrogen) atoms. The monoisotopic (exact) mass is 181 g/mol. The van der Waals surface area contributed by atoms with Gasteiger partial charge < -0.3 is 10.5 Å². The van der Waals surface area contributed by atoms with Crippen molar-refractivity contribution in [1.29, 1.82) is 0 Å². The van der Waals surface area contributed by atoms with E-state index in [2.05, 4.69) is 5.10 Å². The molecule has 1 fully saturated rings. The standard InChI is InChI=1S/C9H15N3O/c10-3-4-12-6-9(5-11-12)13-7-8-1-2-8/h5-6,8H,1-4,7,10H2. The second-order valence-corrected chi connectivity index (χ2v) is 3.48. The Morgan fingerprint density at radius 3 is 3.15 bits per heavy atom. The lowest BCUT2D eigenvalue weighted by Gasteiger charge is -1.99. The fourth-order valence-corrected chi connectivity index (χ4v) is 1.17. The molecule has 4 nitrogen and oxygen atoms in total. The summed E-state index contributed by atoms with van der Waals surface area (Å²) in [6.45, 7) is 2.21. The van der Waals surface area contributed by atoms with Crippen LogP contribution >= 0.6 is 0 Å². The summed E-state index contributed by atoms with van der Waals surface area (Å²) < 4.78 is 7.34. The molecule has 0 amide bonds. The van der Waals surface area contributed by atoms with Crippen molar-refractivity contribution in [2.75, 3.05) is 13.2 Å². The molecule has 0 atom stereocenters. The third kappa shape index (κ3) is 2.45. The summed E-state index contributed by atoms with van der Waals surface area (Å²) in [6.07, 6.45) is 6.28. The van der Waals surface area contributed by atoms with Crippen LogP contribution in [0.25, 0.3) is 0 Å². The first-order chi connectivity index (χ1) is 6.38. The average Bonchev–Trinajstić information content (AvgIpc) is 2.85. The minimum Gasteiger partial charge on any atom is -0.490 e. The first-order valence-corrected chi connectivity index (χ1v) is 4.74. The van der Waals surface area contributed by atoms with Gasteiger partial charge in [0, 0.05) is 6.54 Å². The molecule has 1 aliphatic carbocycles. The summed E-state index contributed by atoms with van der Waals surface area (Å²) in [5.41, 5.74) is 5.40. The summed E-state index contributed by atoms with van der Waals surface area (Å²) in [6, 6.07) is 0. The zero-order chi connectivity index (χ0) is 9.10. The molecular formula is C9H15N3O. The Labute approximate surface area is 77.7 Å². The van der Waals surface area contributed by atoms with Gasteiger partial charge in [-0.2, -0.15) is 5.10 Å². The predicted molar refractivity (Wildman–Crippen MR) is 49.5 cm³/mol. The molecule has 0 unspecified atom stereocenters.